The molecule has 2 heterocycles. The third-order valence-corrected chi connectivity index (χ3v) is 5.04. The Morgan fingerprint density at radius 3 is 2.94 bits per heavy atom. The van der Waals surface area contributed by atoms with Gasteiger partial charge in [-0.05, 0) is 37.5 Å². The molecule has 100 valence electrons. The monoisotopic (exact) mass is 265 g/mol. The summed E-state index contributed by atoms with van der Waals surface area (Å²) in [6.07, 6.45) is 0.302. The summed E-state index contributed by atoms with van der Waals surface area (Å²) in [7, 11) is 0. The minimum Gasteiger partial charge on any atom is -0.374 e. The molecule has 0 saturated carbocycles. The van der Waals surface area contributed by atoms with Crippen LogP contribution in [0.4, 0.5) is 8.78 Å². The van der Waals surface area contributed by atoms with E-state index >= 15 is 0 Å². The average Bonchev–Trinajstić information content (AvgIpc) is 2.73. The fraction of sp³-hybridized carbons (Fsp3) is 1.00. The van der Waals surface area contributed by atoms with E-state index in [1.807, 2.05) is 18.7 Å². The lowest BCUT2D eigenvalue weighted by Gasteiger charge is -2.40. The second kappa shape index (κ2) is 5.85. The van der Waals surface area contributed by atoms with Crippen LogP contribution in [0.3, 0.4) is 0 Å². The number of hydrogen-bond acceptors (Lipinski definition) is 3. The van der Waals surface area contributed by atoms with Crippen LogP contribution in [-0.2, 0) is 4.74 Å². The fourth-order valence-electron chi connectivity index (χ4n) is 2.93. The number of hydrogen-bond donors (Lipinski definition) is 1. The van der Waals surface area contributed by atoms with Crippen LogP contribution in [0.1, 0.15) is 26.2 Å². The van der Waals surface area contributed by atoms with Crippen molar-refractivity contribution in [2.75, 3.05) is 24.7 Å². The summed E-state index contributed by atoms with van der Waals surface area (Å²) >= 11 is 1.88. The molecule has 5 heteroatoms. The molecule has 2 rings (SSSR count). The van der Waals surface area contributed by atoms with Gasteiger partial charge in [0.1, 0.15) is 0 Å². The number of thioether (sulfide) groups is 1. The second-order valence-corrected chi connectivity index (χ2v) is 6.11. The first-order valence-electron chi connectivity index (χ1n) is 6.40. The Labute approximate surface area is 106 Å². The molecule has 0 aliphatic carbocycles. The average molecular weight is 265 g/mol. The van der Waals surface area contributed by atoms with E-state index in [1.54, 1.807) is 0 Å². The van der Waals surface area contributed by atoms with Crippen molar-refractivity contribution < 1.29 is 13.5 Å². The largest absolute Gasteiger partial charge is 0.374 e. The maximum Gasteiger partial charge on any atom is 0.253 e. The van der Waals surface area contributed by atoms with Crippen LogP contribution in [-0.4, -0.2) is 42.7 Å². The molecule has 3 atom stereocenters. The molecule has 2 saturated heterocycles. The lowest BCUT2D eigenvalue weighted by Crippen LogP contribution is -2.49. The summed E-state index contributed by atoms with van der Waals surface area (Å²) in [6.45, 7) is 3.13. The predicted octanol–water partition coefficient (Wildman–Crippen LogP) is 2.53. The van der Waals surface area contributed by atoms with Crippen molar-refractivity contribution in [1.29, 1.82) is 0 Å². The fourth-order valence-corrected chi connectivity index (χ4v) is 4.31. The summed E-state index contributed by atoms with van der Waals surface area (Å²) in [4.78, 5) is 0. The molecule has 0 bridgehead atoms. The number of halogens is 2. The zero-order chi connectivity index (χ0) is 12.3. The summed E-state index contributed by atoms with van der Waals surface area (Å²) in [5.41, 5.74) is -0.101. The molecular weight excluding hydrogens is 244 g/mol. The third kappa shape index (κ3) is 3.12. The molecule has 3 unspecified atom stereocenters. The van der Waals surface area contributed by atoms with Gasteiger partial charge in [-0.15, -0.1) is 0 Å². The highest BCUT2D eigenvalue weighted by Crippen LogP contribution is 2.41. The molecular formula is C12H21F2NOS. The number of alkyl halides is 2. The van der Waals surface area contributed by atoms with Crippen LogP contribution in [0.2, 0.25) is 0 Å². The van der Waals surface area contributed by atoms with E-state index in [0.29, 0.717) is 13.2 Å². The molecule has 2 aliphatic rings. The first kappa shape index (κ1) is 13.6. The zero-order valence-corrected chi connectivity index (χ0v) is 11.1. The number of nitrogens with one attached hydrogen (secondary N) is 1. The van der Waals surface area contributed by atoms with Crippen molar-refractivity contribution in [2.24, 2.45) is 5.92 Å². The minimum absolute atomic E-state index is 0.0578. The van der Waals surface area contributed by atoms with E-state index in [1.165, 1.54) is 0 Å². The predicted molar refractivity (Wildman–Crippen MR) is 66.8 cm³/mol. The van der Waals surface area contributed by atoms with Gasteiger partial charge in [-0.2, -0.15) is 11.8 Å². The Morgan fingerprint density at radius 1 is 1.53 bits per heavy atom. The Morgan fingerprint density at radius 2 is 2.35 bits per heavy atom. The first-order chi connectivity index (χ1) is 8.17. The van der Waals surface area contributed by atoms with E-state index < -0.39 is 12.5 Å². The molecule has 0 aromatic rings. The maximum absolute atomic E-state index is 13.0. The number of rotatable bonds is 4. The minimum atomic E-state index is -2.27. The SMILES string of the molecule is CCNC(C(F)F)C1CCOC2(CCSC2)C1. The number of ether oxygens (including phenoxy) is 1. The quantitative estimate of drug-likeness (QED) is 0.844. The molecule has 17 heavy (non-hydrogen) atoms. The van der Waals surface area contributed by atoms with Crippen LogP contribution in [0, 0.1) is 5.92 Å². The molecule has 0 radical (unpaired) electrons. The van der Waals surface area contributed by atoms with Gasteiger partial charge in [-0.3, -0.25) is 0 Å². The van der Waals surface area contributed by atoms with E-state index in [2.05, 4.69) is 5.32 Å². The van der Waals surface area contributed by atoms with Crippen molar-refractivity contribution in [1.82, 2.24) is 5.32 Å². The van der Waals surface area contributed by atoms with Gasteiger partial charge in [0.2, 0.25) is 0 Å². The molecule has 1 N–H and O–H groups in total. The van der Waals surface area contributed by atoms with E-state index in [0.717, 1.165) is 30.8 Å². The smallest absolute Gasteiger partial charge is 0.253 e. The summed E-state index contributed by atoms with van der Waals surface area (Å²) in [5.74, 6) is 2.14. The molecule has 1 spiro atoms. The van der Waals surface area contributed by atoms with Crippen LogP contribution < -0.4 is 5.32 Å². The summed E-state index contributed by atoms with van der Waals surface area (Å²) in [5, 5.41) is 2.95. The van der Waals surface area contributed by atoms with Gasteiger partial charge in [0.25, 0.3) is 6.43 Å². The standard InChI is InChI=1S/C12H21F2NOS/c1-2-15-10(11(13)14)9-3-5-16-12(7-9)4-6-17-8-12/h9-11,15H,2-8H2,1H3. The van der Waals surface area contributed by atoms with Gasteiger partial charge >= 0.3 is 0 Å². The topological polar surface area (TPSA) is 21.3 Å². The van der Waals surface area contributed by atoms with Gasteiger partial charge in [-0.1, -0.05) is 6.92 Å². The van der Waals surface area contributed by atoms with Crippen LogP contribution in [0.25, 0.3) is 0 Å². The van der Waals surface area contributed by atoms with Crippen molar-refractivity contribution in [3.05, 3.63) is 0 Å². The summed E-state index contributed by atoms with van der Waals surface area (Å²) in [6, 6.07) is -0.661. The van der Waals surface area contributed by atoms with Gasteiger partial charge in [0, 0.05) is 12.4 Å². The molecule has 0 amide bonds. The Hall–Kier alpha value is 0.130. The maximum atomic E-state index is 13.0. The molecule has 0 aromatic heterocycles. The van der Waals surface area contributed by atoms with Crippen molar-refractivity contribution in [3.63, 3.8) is 0 Å². The van der Waals surface area contributed by atoms with Gasteiger partial charge < -0.3 is 10.1 Å². The Bertz CT molecular complexity index is 247. The molecule has 2 fully saturated rings. The lowest BCUT2D eigenvalue weighted by atomic mass is 9.81. The van der Waals surface area contributed by atoms with Crippen LogP contribution >= 0.6 is 11.8 Å². The van der Waals surface area contributed by atoms with Gasteiger partial charge in [-0.25, -0.2) is 8.78 Å². The van der Waals surface area contributed by atoms with E-state index in [9.17, 15) is 8.78 Å². The van der Waals surface area contributed by atoms with Crippen molar-refractivity contribution in [3.8, 4) is 0 Å². The van der Waals surface area contributed by atoms with E-state index in [4.69, 9.17) is 4.74 Å². The lowest BCUT2D eigenvalue weighted by molar-refractivity contribution is -0.0952. The highest BCUT2D eigenvalue weighted by molar-refractivity contribution is 7.99. The van der Waals surface area contributed by atoms with Crippen molar-refractivity contribution >= 4 is 11.8 Å². The van der Waals surface area contributed by atoms with E-state index in [-0.39, 0.29) is 11.5 Å². The van der Waals surface area contributed by atoms with Crippen LogP contribution in [0.5, 0.6) is 0 Å². The Kier molecular flexibility index (Phi) is 4.66. The molecule has 2 aliphatic heterocycles. The first-order valence-corrected chi connectivity index (χ1v) is 7.55. The summed E-state index contributed by atoms with van der Waals surface area (Å²) < 4.78 is 31.9. The Balaban J connectivity index is 1.99. The third-order valence-electron chi connectivity index (χ3n) is 3.82. The normalized spacial score (nSPS) is 35.6. The highest BCUT2D eigenvalue weighted by Gasteiger charge is 2.44. The van der Waals surface area contributed by atoms with Crippen molar-refractivity contribution in [2.45, 2.75) is 44.3 Å². The van der Waals surface area contributed by atoms with Crippen LogP contribution in [0.15, 0.2) is 0 Å². The molecule has 2 nitrogen and oxygen atoms in total. The second-order valence-electron chi connectivity index (χ2n) is 5.00. The zero-order valence-electron chi connectivity index (χ0n) is 10.3. The van der Waals surface area contributed by atoms with Gasteiger partial charge in [0.15, 0.2) is 0 Å². The molecule has 0 aromatic carbocycles. The van der Waals surface area contributed by atoms with Gasteiger partial charge in [0.05, 0.1) is 11.6 Å². The highest BCUT2D eigenvalue weighted by atomic mass is 32.2.